The molecule has 0 saturated heterocycles. The second kappa shape index (κ2) is 4.62. The molecule has 8 nitrogen and oxygen atoms in total. The molecule has 0 aromatic carbocycles. The van der Waals surface area contributed by atoms with Gasteiger partial charge >= 0.3 is 11.4 Å². The van der Waals surface area contributed by atoms with Gasteiger partial charge in [0.2, 0.25) is 5.78 Å². The fourth-order valence-electron chi connectivity index (χ4n) is 1.32. The predicted octanol–water partition coefficient (Wildman–Crippen LogP) is 0.627. The second-order valence-electron chi connectivity index (χ2n) is 3.38. The number of furan rings is 1. The molecule has 0 spiro atoms. The fraction of sp³-hybridized carbons (Fsp3) is 0.100. The Bertz CT molecular complexity index is 644. The van der Waals surface area contributed by atoms with Crippen LogP contribution in [-0.4, -0.2) is 20.3 Å². The summed E-state index contributed by atoms with van der Waals surface area (Å²) in [6.07, 6.45) is 3.13. The van der Waals surface area contributed by atoms with Crippen molar-refractivity contribution in [3.8, 4) is 0 Å². The molecule has 2 heterocycles. The van der Waals surface area contributed by atoms with E-state index in [1.165, 1.54) is 18.4 Å². The first-order valence-electron chi connectivity index (χ1n) is 4.85. The summed E-state index contributed by atoms with van der Waals surface area (Å²) in [4.78, 5) is 36.2. The van der Waals surface area contributed by atoms with Crippen molar-refractivity contribution in [2.75, 3.05) is 0 Å². The third kappa shape index (κ3) is 2.32. The van der Waals surface area contributed by atoms with Crippen LogP contribution in [-0.2, 0) is 6.54 Å². The highest BCUT2D eigenvalue weighted by molar-refractivity contribution is 5.93. The van der Waals surface area contributed by atoms with Gasteiger partial charge < -0.3 is 4.42 Å². The maximum Gasteiger partial charge on any atom is 0.348 e. The second-order valence-corrected chi connectivity index (χ2v) is 3.38. The van der Waals surface area contributed by atoms with Gasteiger partial charge in [0.25, 0.3) is 0 Å². The minimum Gasteiger partial charge on any atom is -0.461 e. The zero-order valence-corrected chi connectivity index (χ0v) is 8.98. The van der Waals surface area contributed by atoms with Crippen molar-refractivity contribution >= 4 is 11.5 Å². The third-order valence-corrected chi connectivity index (χ3v) is 2.16. The number of ketones is 1. The van der Waals surface area contributed by atoms with Gasteiger partial charge in [0, 0.05) is 0 Å². The lowest BCUT2D eigenvalue weighted by molar-refractivity contribution is -0.385. The molecule has 0 radical (unpaired) electrons. The van der Waals surface area contributed by atoms with Crippen LogP contribution in [0.25, 0.3) is 0 Å². The van der Waals surface area contributed by atoms with E-state index in [1.807, 2.05) is 0 Å². The van der Waals surface area contributed by atoms with E-state index in [9.17, 15) is 19.7 Å². The summed E-state index contributed by atoms with van der Waals surface area (Å²) in [5.41, 5.74) is -1.10. The Morgan fingerprint density at radius 2 is 2.33 bits per heavy atom. The van der Waals surface area contributed by atoms with Crippen molar-refractivity contribution in [3.63, 3.8) is 0 Å². The van der Waals surface area contributed by atoms with E-state index in [2.05, 4.69) is 4.98 Å². The van der Waals surface area contributed by atoms with Gasteiger partial charge in [-0.1, -0.05) is 0 Å². The maximum atomic E-state index is 11.7. The number of aromatic nitrogens is 2. The summed E-state index contributed by atoms with van der Waals surface area (Å²) < 4.78 is 5.73. The molecular formula is C10H7N3O5. The highest BCUT2D eigenvalue weighted by Crippen LogP contribution is 2.06. The summed E-state index contributed by atoms with van der Waals surface area (Å²) in [6.45, 7) is -0.360. The SMILES string of the molecule is O=C(Cn1cc([N+](=O)[O-])cnc1=O)c1ccco1. The van der Waals surface area contributed by atoms with Crippen molar-refractivity contribution in [2.45, 2.75) is 6.54 Å². The van der Waals surface area contributed by atoms with Gasteiger partial charge in [-0.15, -0.1) is 0 Å². The molecule has 0 aliphatic carbocycles. The number of rotatable bonds is 4. The van der Waals surface area contributed by atoms with Crippen LogP contribution >= 0.6 is 0 Å². The van der Waals surface area contributed by atoms with Gasteiger partial charge in [0.15, 0.2) is 5.76 Å². The highest BCUT2D eigenvalue weighted by Gasteiger charge is 2.14. The van der Waals surface area contributed by atoms with Gasteiger partial charge in [0.05, 0.1) is 23.9 Å². The monoisotopic (exact) mass is 249 g/mol. The largest absolute Gasteiger partial charge is 0.461 e. The predicted molar refractivity (Wildman–Crippen MR) is 58.2 cm³/mol. The first-order valence-corrected chi connectivity index (χ1v) is 4.85. The molecule has 2 aromatic heterocycles. The summed E-state index contributed by atoms with van der Waals surface area (Å²) in [6, 6.07) is 2.97. The summed E-state index contributed by atoms with van der Waals surface area (Å²) in [5, 5.41) is 10.5. The number of hydrogen-bond acceptors (Lipinski definition) is 6. The van der Waals surface area contributed by atoms with Crippen molar-refractivity contribution < 1.29 is 14.1 Å². The standard InChI is InChI=1S/C10H7N3O5/c14-8(9-2-1-3-18-9)6-12-5-7(13(16)17)4-11-10(12)15/h1-5H,6H2. The van der Waals surface area contributed by atoms with Crippen LogP contribution in [0, 0.1) is 10.1 Å². The average Bonchev–Trinajstić information content (AvgIpc) is 2.85. The highest BCUT2D eigenvalue weighted by atomic mass is 16.6. The normalized spacial score (nSPS) is 10.2. The van der Waals surface area contributed by atoms with E-state index in [4.69, 9.17) is 4.42 Å². The lowest BCUT2D eigenvalue weighted by Gasteiger charge is -2.01. The molecule has 8 heteroatoms. The average molecular weight is 249 g/mol. The molecule has 2 aromatic rings. The lowest BCUT2D eigenvalue weighted by Crippen LogP contribution is -2.26. The van der Waals surface area contributed by atoms with Crippen LogP contribution in [0.15, 0.2) is 40.0 Å². The number of carbonyl (C=O) groups excluding carboxylic acids is 1. The minimum atomic E-state index is -0.736. The molecule has 2 rings (SSSR count). The van der Waals surface area contributed by atoms with Gasteiger partial charge in [-0.2, -0.15) is 4.98 Å². The number of nitro groups is 1. The summed E-state index contributed by atoms with van der Waals surface area (Å²) in [7, 11) is 0. The van der Waals surface area contributed by atoms with Crippen molar-refractivity contribution in [1.29, 1.82) is 0 Å². The fourth-order valence-corrected chi connectivity index (χ4v) is 1.32. The Morgan fingerprint density at radius 1 is 1.56 bits per heavy atom. The van der Waals surface area contributed by atoms with Crippen LogP contribution in [0.2, 0.25) is 0 Å². The molecule has 0 amide bonds. The Hall–Kier alpha value is -2.77. The van der Waals surface area contributed by atoms with Crippen LogP contribution in [0.3, 0.4) is 0 Å². The molecule has 18 heavy (non-hydrogen) atoms. The molecule has 92 valence electrons. The molecule has 0 saturated carbocycles. The van der Waals surface area contributed by atoms with Gasteiger partial charge in [-0.05, 0) is 12.1 Å². The number of nitrogens with zero attached hydrogens (tertiary/aromatic N) is 3. The van der Waals surface area contributed by atoms with Crippen LogP contribution in [0.5, 0.6) is 0 Å². The van der Waals surface area contributed by atoms with Gasteiger partial charge in [-0.3, -0.25) is 19.5 Å². The van der Waals surface area contributed by atoms with E-state index in [0.29, 0.717) is 0 Å². The van der Waals surface area contributed by atoms with Crippen molar-refractivity contribution in [2.24, 2.45) is 0 Å². The van der Waals surface area contributed by atoms with Crippen molar-refractivity contribution in [1.82, 2.24) is 9.55 Å². The molecule has 0 aliphatic heterocycles. The van der Waals surface area contributed by atoms with Crippen molar-refractivity contribution in [3.05, 3.63) is 57.1 Å². The first kappa shape index (κ1) is 11.7. The number of hydrogen-bond donors (Lipinski definition) is 0. The van der Waals surface area contributed by atoms with Gasteiger partial charge in [0.1, 0.15) is 6.20 Å². The molecule has 0 unspecified atom stereocenters. The third-order valence-electron chi connectivity index (χ3n) is 2.16. The molecule has 0 fully saturated rings. The van der Waals surface area contributed by atoms with E-state index < -0.39 is 16.4 Å². The Kier molecular flexibility index (Phi) is 3.00. The summed E-state index contributed by atoms with van der Waals surface area (Å²) in [5.74, 6) is -0.391. The van der Waals surface area contributed by atoms with Crippen LogP contribution in [0.4, 0.5) is 5.69 Å². The Balaban J connectivity index is 2.29. The zero-order chi connectivity index (χ0) is 13.1. The lowest BCUT2D eigenvalue weighted by atomic mass is 10.3. The molecular weight excluding hydrogens is 242 g/mol. The Labute approximate surface area is 99.6 Å². The number of carbonyl (C=O) groups is 1. The van der Waals surface area contributed by atoms with E-state index >= 15 is 0 Å². The molecule has 0 atom stereocenters. The molecule has 0 bridgehead atoms. The van der Waals surface area contributed by atoms with Gasteiger partial charge in [-0.25, -0.2) is 4.79 Å². The van der Waals surface area contributed by atoms with E-state index in [0.717, 1.165) is 17.0 Å². The van der Waals surface area contributed by atoms with E-state index in [-0.39, 0.29) is 18.0 Å². The zero-order valence-electron chi connectivity index (χ0n) is 8.98. The quantitative estimate of drug-likeness (QED) is 0.446. The minimum absolute atomic E-state index is 0.0772. The molecule has 0 aliphatic rings. The summed E-state index contributed by atoms with van der Waals surface area (Å²) >= 11 is 0. The Morgan fingerprint density at radius 3 is 2.94 bits per heavy atom. The van der Waals surface area contributed by atoms with E-state index in [1.54, 1.807) is 0 Å². The first-order chi connectivity index (χ1) is 8.58. The smallest absolute Gasteiger partial charge is 0.348 e. The maximum absolute atomic E-state index is 11.7. The van der Waals surface area contributed by atoms with Crippen LogP contribution < -0.4 is 5.69 Å². The topological polar surface area (TPSA) is 108 Å². The van der Waals surface area contributed by atoms with Crippen LogP contribution in [0.1, 0.15) is 10.6 Å². The molecule has 0 N–H and O–H groups in total. The number of Topliss-reactive ketones (excluding diaryl/α,β-unsaturated/α-hetero) is 1.